The molecule has 0 atom stereocenters. The van der Waals surface area contributed by atoms with Crippen LogP contribution in [0.4, 0.5) is 0 Å². The lowest BCUT2D eigenvalue weighted by atomic mass is 10.0. The van der Waals surface area contributed by atoms with Crippen LogP contribution in [0.15, 0.2) is 42.5 Å². The zero-order valence-electron chi connectivity index (χ0n) is 11.8. The molecule has 1 aliphatic rings. The third-order valence-electron chi connectivity index (χ3n) is 3.85. The Kier molecular flexibility index (Phi) is 3.31. The van der Waals surface area contributed by atoms with Crippen molar-refractivity contribution >= 4 is 11.8 Å². The van der Waals surface area contributed by atoms with Crippen LogP contribution in [-0.2, 0) is 13.1 Å². The molecule has 0 fully saturated rings. The van der Waals surface area contributed by atoms with E-state index in [1.54, 1.807) is 24.3 Å². The van der Waals surface area contributed by atoms with Crippen LogP contribution in [0.3, 0.4) is 0 Å². The number of carbonyl (C=O) groups excluding carboxylic acids is 2. The number of amides is 2. The van der Waals surface area contributed by atoms with Gasteiger partial charge in [-0.2, -0.15) is 0 Å². The van der Waals surface area contributed by atoms with Crippen LogP contribution in [0.25, 0.3) is 0 Å². The number of rotatable bonds is 3. The van der Waals surface area contributed by atoms with Crippen LogP contribution < -0.4 is 5.73 Å². The molecule has 106 valence electrons. The Bertz CT molecular complexity index is 702. The zero-order valence-corrected chi connectivity index (χ0v) is 11.8. The first-order valence-corrected chi connectivity index (χ1v) is 6.85. The molecule has 0 bridgehead atoms. The molecule has 0 saturated carbocycles. The van der Waals surface area contributed by atoms with E-state index in [9.17, 15) is 9.59 Å². The highest BCUT2D eigenvalue weighted by Gasteiger charge is 2.35. The molecular weight excluding hydrogens is 264 g/mol. The Hall–Kier alpha value is -2.46. The van der Waals surface area contributed by atoms with Gasteiger partial charge >= 0.3 is 0 Å². The number of imide groups is 1. The highest BCUT2D eigenvalue weighted by molar-refractivity contribution is 6.21. The summed E-state index contributed by atoms with van der Waals surface area (Å²) in [6, 6.07) is 12.8. The number of nitrogens with two attached hydrogens (primary N) is 1. The summed E-state index contributed by atoms with van der Waals surface area (Å²) >= 11 is 0. The van der Waals surface area contributed by atoms with Gasteiger partial charge in [-0.3, -0.25) is 14.5 Å². The average molecular weight is 280 g/mol. The minimum atomic E-state index is -0.224. The SMILES string of the molecule is Cc1cc(CN)ccc1CN1C(=O)c2ccccc2C1=O. The topological polar surface area (TPSA) is 63.4 Å². The van der Waals surface area contributed by atoms with E-state index in [0.29, 0.717) is 24.2 Å². The molecule has 21 heavy (non-hydrogen) atoms. The smallest absolute Gasteiger partial charge is 0.261 e. The summed E-state index contributed by atoms with van der Waals surface area (Å²) in [5.74, 6) is -0.448. The van der Waals surface area contributed by atoms with Crippen molar-refractivity contribution in [1.82, 2.24) is 4.90 Å². The molecule has 0 radical (unpaired) electrons. The van der Waals surface area contributed by atoms with Crippen LogP contribution in [0.5, 0.6) is 0 Å². The van der Waals surface area contributed by atoms with Gasteiger partial charge in [0.05, 0.1) is 17.7 Å². The lowest BCUT2D eigenvalue weighted by Gasteiger charge is -2.16. The van der Waals surface area contributed by atoms with E-state index in [1.807, 2.05) is 25.1 Å². The van der Waals surface area contributed by atoms with Gasteiger partial charge in [-0.15, -0.1) is 0 Å². The molecule has 0 aromatic heterocycles. The van der Waals surface area contributed by atoms with Crippen molar-refractivity contribution in [2.45, 2.75) is 20.0 Å². The molecule has 2 amide bonds. The van der Waals surface area contributed by atoms with Crippen molar-refractivity contribution in [3.63, 3.8) is 0 Å². The summed E-state index contributed by atoms with van der Waals surface area (Å²) < 4.78 is 0. The van der Waals surface area contributed by atoms with Crippen molar-refractivity contribution in [2.75, 3.05) is 0 Å². The molecule has 4 heteroatoms. The third-order valence-corrected chi connectivity index (χ3v) is 3.85. The first kappa shape index (κ1) is 13.5. The number of nitrogens with zero attached hydrogens (tertiary/aromatic N) is 1. The van der Waals surface area contributed by atoms with Gasteiger partial charge in [0.1, 0.15) is 0 Å². The Balaban J connectivity index is 1.90. The average Bonchev–Trinajstić information content (AvgIpc) is 2.74. The van der Waals surface area contributed by atoms with Crippen molar-refractivity contribution in [1.29, 1.82) is 0 Å². The fraction of sp³-hybridized carbons (Fsp3) is 0.176. The summed E-state index contributed by atoms with van der Waals surface area (Å²) in [4.78, 5) is 26.0. The standard InChI is InChI=1S/C17H16N2O2/c1-11-8-12(9-18)6-7-13(11)10-19-16(20)14-4-2-3-5-15(14)17(19)21/h2-8H,9-10,18H2,1H3. The van der Waals surface area contributed by atoms with E-state index in [1.165, 1.54) is 4.90 Å². The predicted molar refractivity (Wildman–Crippen MR) is 79.7 cm³/mol. The van der Waals surface area contributed by atoms with E-state index < -0.39 is 0 Å². The minimum Gasteiger partial charge on any atom is -0.326 e. The van der Waals surface area contributed by atoms with Gasteiger partial charge in [0.15, 0.2) is 0 Å². The second-order valence-electron chi connectivity index (χ2n) is 5.21. The predicted octanol–water partition coefficient (Wildman–Crippen LogP) is 2.25. The number of carbonyl (C=O) groups is 2. The molecule has 3 rings (SSSR count). The van der Waals surface area contributed by atoms with E-state index in [0.717, 1.165) is 16.7 Å². The van der Waals surface area contributed by atoms with Crippen LogP contribution in [0, 0.1) is 6.92 Å². The van der Waals surface area contributed by atoms with Crippen LogP contribution >= 0.6 is 0 Å². The quantitative estimate of drug-likeness (QED) is 0.877. The summed E-state index contributed by atoms with van der Waals surface area (Å²) in [7, 11) is 0. The molecule has 1 aliphatic heterocycles. The van der Waals surface area contributed by atoms with Gasteiger partial charge in [-0.05, 0) is 35.7 Å². The Morgan fingerprint density at radius 2 is 1.62 bits per heavy atom. The van der Waals surface area contributed by atoms with E-state index in [4.69, 9.17) is 5.73 Å². The second-order valence-corrected chi connectivity index (χ2v) is 5.21. The fourth-order valence-electron chi connectivity index (χ4n) is 2.62. The molecule has 0 spiro atoms. The molecule has 0 saturated heterocycles. The Labute approximate surface area is 123 Å². The van der Waals surface area contributed by atoms with E-state index >= 15 is 0 Å². The Morgan fingerprint density at radius 3 is 2.14 bits per heavy atom. The third kappa shape index (κ3) is 2.23. The minimum absolute atomic E-state index is 0.224. The van der Waals surface area contributed by atoms with Crippen molar-refractivity contribution < 1.29 is 9.59 Å². The maximum atomic E-state index is 12.3. The molecule has 2 N–H and O–H groups in total. The number of hydrogen-bond acceptors (Lipinski definition) is 3. The lowest BCUT2D eigenvalue weighted by Crippen LogP contribution is -2.29. The van der Waals surface area contributed by atoms with Crippen LogP contribution in [0.2, 0.25) is 0 Å². The summed E-state index contributed by atoms with van der Waals surface area (Å²) in [6.07, 6.45) is 0. The molecular formula is C17H16N2O2. The van der Waals surface area contributed by atoms with Gasteiger partial charge in [0.2, 0.25) is 0 Å². The summed E-state index contributed by atoms with van der Waals surface area (Å²) in [5, 5.41) is 0. The van der Waals surface area contributed by atoms with Gasteiger partial charge < -0.3 is 5.73 Å². The van der Waals surface area contributed by atoms with E-state index in [2.05, 4.69) is 0 Å². The van der Waals surface area contributed by atoms with Gasteiger partial charge in [-0.1, -0.05) is 30.3 Å². The number of fused-ring (bicyclic) bond motifs is 1. The zero-order chi connectivity index (χ0) is 15.0. The number of hydrogen-bond donors (Lipinski definition) is 1. The summed E-state index contributed by atoms with van der Waals surface area (Å²) in [5.41, 5.74) is 9.62. The monoisotopic (exact) mass is 280 g/mol. The normalized spacial score (nSPS) is 13.7. The van der Waals surface area contributed by atoms with Crippen LogP contribution in [0.1, 0.15) is 37.4 Å². The number of benzene rings is 2. The highest BCUT2D eigenvalue weighted by atomic mass is 16.2. The van der Waals surface area contributed by atoms with Crippen molar-refractivity contribution in [3.05, 3.63) is 70.3 Å². The second kappa shape index (κ2) is 5.14. The molecule has 2 aromatic rings. The van der Waals surface area contributed by atoms with Crippen LogP contribution in [-0.4, -0.2) is 16.7 Å². The fourth-order valence-corrected chi connectivity index (χ4v) is 2.62. The van der Waals surface area contributed by atoms with Crippen molar-refractivity contribution in [2.24, 2.45) is 5.73 Å². The first-order chi connectivity index (χ1) is 10.1. The van der Waals surface area contributed by atoms with Gasteiger partial charge in [-0.25, -0.2) is 0 Å². The number of aryl methyl sites for hydroxylation is 1. The maximum Gasteiger partial charge on any atom is 0.261 e. The molecule has 4 nitrogen and oxygen atoms in total. The summed E-state index contributed by atoms with van der Waals surface area (Å²) in [6.45, 7) is 2.74. The molecule has 0 unspecified atom stereocenters. The van der Waals surface area contributed by atoms with E-state index in [-0.39, 0.29) is 11.8 Å². The van der Waals surface area contributed by atoms with Crippen molar-refractivity contribution in [3.8, 4) is 0 Å². The Morgan fingerprint density at radius 1 is 1.00 bits per heavy atom. The van der Waals surface area contributed by atoms with Gasteiger partial charge in [0.25, 0.3) is 11.8 Å². The molecule has 1 heterocycles. The largest absolute Gasteiger partial charge is 0.326 e. The highest BCUT2D eigenvalue weighted by Crippen LogP contribution is 2.25. The first-order valence-electron chi connectivity index (χ1n) is 6.85. The molecule has 0 aliphatic carbocycles. The van der Waals surface area contributed by atoms with Gasteiger partial charge in [0, 0.05) is 6.54 Å². The lowest BCUT2D eigenvalue weighted by molar-refractivity contribution is 0.0642. The maximum absolute atomic E-state index is 12.3. The molecule has 2 aromatic carbocycles.